The molecule has 6 nitrogen and oxygen atoms in total. The molecule has 2 amide bonds. The van der Waals surface area contributed by atoms with E-state index in [2.05, 4.69) is 11.9 Å². The van der Waals surface area contributed by atoms with E-state index in [-0.39, 0.29) is 17.9 Å². The van der Waals surface area contributed by atoms with Crippen LogP contribution in [0, 0.1) is 0 Å². The molecule has 3 heterocycles. The second-order valence-electron chi connectivity index (χ2n) is 7.97. The van der Waals surface area contributed by atoms with E-state index in [0.29, 0.717) is 36.0 Å². The lowest BCUT2D eigenvalue weighted by Crippen LogP contribution is -2.48. The molecular weight excluding hydrogens is 424 g/mol. The monoisotopic (exact) mass is 450 g/mol. The van der Waals surface area contributed by atoms with Gasteiger partial charge < -0.3 is 9.80 Å². The molecule has 0 aliphatic carbocycles. The molecule has 0 saturated carbocycles. The number of hydrogen-bond donors (Lipinski definition) is 0. The van der Waals surface area contributed by atoms with Gasteiger partial charge in [0.05, 0.1) is 5.69 Å². The molecule has 1 aliphatic heterocycles. The predicted molar refractivity (Wildman–Crippen MR) is 127 cm³/mol. The molecule has 32 heavy (non-hydrogen) atoms. The van der Waals surface area contributed by atoms with E-state index in [9.17, 15) is 9.59 Å². The standard InChI is InChI=1S/C25H27ClN4O2/c1-2-15-29(20-13-17-28(18-14-20)25(32)19-8-4-3-5-9-19)23(31)12-11-21-24(26)27-22-10-6-7-16-30(21)22/h3-12,16,20H,2,13-15,17-18H2,1H3/b12-11+. The first kappa shape index (κ1) is 22.1. The number of hydrogen-bond acceptors (Lipinski definition) is 3. The van der Waals surface area contributed by atoms with Crippen molar-refractivity contribution < 1.29 is 9.59 Å². The van der Waals surface area contributed by atoms with Crippen molar-refractivity contribution in [2.75, 3.05) is 19.6 Å². The van der Waals surface area contributed by atoms with Gasteiger partial charge in [0, 0.05) is 43.5 Å². The number of fused-ring (bicyclic) bond motifs is 1. The number of carbonyl (C=O) groups is 2. The van der Waals surface area contributed by atoms with Crippen LogP contribution in [0.1, 0.15) is 42.2 Å². The molecule has 7 heteroatoms. The summed E-state index contributed by atoms with van der Waals surface area (Å²) >= 11 is 6.29. The molecule has 1 aliphatic rings. The highest BCUT2D eigenvalue weighted by Crippen LogP contribution is 2.22. The smallest absolute Gasteiger partial charge is 0.253 e. The summed E-state index contributed by atoms with van der Waals surface area (Å²) in [6.45, 7) is 4.05. The molecule has 2 aromatic heterocycles. The molecule has 1 aromatic carbocycles. The maximum Gasteiger partial charge on any atom is 0.253 e. The molecule has 0 radical (unpaired) electrons. The molecule has 1 saturated heterocycles. The van der Waals surface area contributed by atoms with Gasteiger partial charge in [-0.25, -0.2) is 4.98 Å². The van der Waals surface area contributed by atoms with Crippen LogP contribution in [0.2, 0.25) is 5.15 Å². The summed E-state index contributed by atoms with van der Waals surface area (Å²) in [7, 11) is 0. The molecule has 0 unspecified atom stereocenters. The minimum Gasteiger partial charge on any atom is -0.338 e. The van der Waals surface area contributed by atoms with Crippen LogP contribution >= 0.6 is 11.6 Å². The number of imidazole rings is 1. The molecule has 0 atom stereocenters. The van der Waals surface area contributed by atoms with E-state index in [1.54, 1.807) is 12.2 Å². The van der Waals surface area contributed by atoms with Gasteiger partial charge in [-0.2, -0.15) is 0 Å². The van der Waals surface area contributed by atoms with Crippen LogP contribution in [0.3, 0.4) is 0 Å². The van der Waals surface area contributed by atoms with E-state index < -0.39 is 0 Å². The summed E-state index contributed by atoms with van der Waals surface area (Å²) in [6.07, 6.45) is 7.62. The number of piperidine rings is 1. The van der Waals surface area contributed by atoms with Crippen molar-refractivity contribution in [2.24, 2.45) is 0 Å². The molecular formula is C25H27ClN4O2. The van der Waals surface area contributed by atoms with Gasteiger partial charge in [0.2, 0.25) is 5.91 Å². The molecule has 166 valence electrons. The Hall–Kier alpha value is -3.12. The number of aromatic nitrogens is 2. The lowest BCUT2D eigenvalue weighted by atomic mass is 10.0. The number of likely N-dealkylation sites (tertiary alicyclic amines) is 1. The zero-order valence-electron chi connectivity index (χ0n) is 18.2. The Bertz CT molecular complexity index is 1120. The average Bonchev–Trinajstić information content (AvgIpc) is 3.16. The third-order valence-corrected chi connectivity index (χ3v) is 6.14. The zero-order chi connectivity index (χ0) is 22.5. The highest BCUT2D eigenvalue weighted by Gasteiger charge is 2.28. The number of halogens is 1. The molecule has 1 fully saturated rings. The first-order valence-corrected chi connectivity index (χ1v) is 11.4. The highest BCUT2D eigenvalue weighted by atomic mass is 35.5. The summed E-state index contributed by atoms with van der Waals surface area (Å²) in [5.41, 5.74) is 2.14. The largest absolute Gasteiger partial charge is 0.338 e. The van der Waals surface area contributed by atoms with Crippen molar-refractivity contribution in [3.63, 3.8) is 0 Å². The summed E-state index contributed by atoms with van der Waals surface area (Å²) < 4.78 is 1.87. The number of benzene rings is 1. The maximum absolute atomic E-state index is 13.1. The quantitative estimate of drug-likeness (QED) is 0.518. The first-order valence-electron chi connectivity index (χ1n) is 11.0. The first-order chi connectivity index (χ1) is 15.6. The Morgan fingerprint density at radius 3 is 2.56 bits per heavy atom. The van der Waals surface area contributed by atoms with Crippen LogP contribution in [-0.2, 0) is 4.79 Å². The van der Waals surface area contributed by atoms with E-state index in [1.807, 2.05) is 68.9 Å². The minimum absolute atomic E-state index is 0.0402. The van der Waals surface area contributed by atoms with E-state index in [1.165, 1.54) is 0 Å². The lowest BCUT2D eigenvalue weighted by Gasteiger charge is -2.38. The second-order valence-corrected chi connectivity index (χ2v) is 8.33. The third kappa shape index (κ3) is 4.70. The zero-order valence-corrected chi connectivity index (χ0v) is 18.9. The minimum atomic E-state index is -0.0402. The third-order valence-electron chi connectivity index (χ3n) is 5.87. The fraction of sp³-hybridized carbons (Fsp3) is 0.320. The normalized spacial score (nSPS) is 14.9. The van der Waals surface area contributed by atoms with Gasteiger partial charge >= 0.3 is 0 Å². The summed E-state index contributed by atoms with van der Waals surface area (Å²) in [6, 6.07) is 15.1. The average molecular weight is 451 g/mol. The van der Waals surface area contributed by atoms with Crippen LogP contribution in [0.5, 0.6) is 0 Å². The van der Waals surface area contributed by atoms with E-state index in [4.69, 9.17) is 11.6 Å². The Kier molecular flexibility index (Phi) is 6.90. The summed E-state index contributed by atoms with van der Waals surface area (Å²) in [4.78, 5) is 34.0. The number of amides is 2. The fourth-order valence-corrected chi connectivity index (χ4v) is 4.48. The van der Waals surface area contributed by atoms with Crippen LogP contribution in [0.15, 0.2) is 60.8 Å². The Morgan fingerprint density at radius 1 is 1.12 bits per heavy atom. The van der Waals surface area contributed by atoms with Crippen LogP contribution in [-0.4, -0.2) is 56.7 Å². The van der Waals surface area contributed by atoms with Crippen molar-refractivity contribution in [3.05, 3.63) is 77.2 Å². The highest BCUT2D eigenvalue weighted by molar-refractivity contribution is 6.31. The molecule has 0 N–H and O–H groups in total. The Morgan fingerprint density at radius 2 is 1.84 bits per heavy atom. The molecule has 0 spiro atoms. The molecule has 0 bridgehead atoms. The van der Waals surface area contributed by atoms with Gasteiger partial charge in [-0.15, -0.1) is 0 Å². The van der Waals surface area contributed by atoms with Crippen molar-refractivity contribution in [2.45, 2.75) is 32.2 Å². The van der Waals surface area contributed by atoms with Crippen LogP contribution in [0.4, 0.5) is 0 Å². The Labute approximate surface area is 193 Å². The Balaban J connectivity index is 1.43. The fourth-order valence-electron chi connectivity index (χ4n) is 4.24. The maximum atomic E-state index is 13.1. The number of carbonyl (C=O) groups excluding carboxylic acids is 2. The van der Waals surface area contributed by atoms with Crippen molar-refractivity contribution >= 4 is 35.1 Å². The number of pyridine rings is 1. The number of nitrogens with zero attached hydrogens (tertiary/aromatic N) is 4. The summed E-state index contributed by atoms with van der Waals surface area (Å²) in [5.74, 6) is 0.0150. The lowest BCUT2D eigenvalue weighted by molar-refractivity contribution is -0.129. The predicted octanol–water partition coefficient (Wildman–Crippen LogP) is 4.54. The second kappa shape index (κ2) is 10.0. The van der Waals surface area contributed by atoms with E-state index >= 15 is 0 Å². The van der Waals surface area contributed by atoms with Crippen molar-refractivity contribution in [1.82, 2.24) is 19.2 Å². The van der Waals surface area contributed by atoms with Gasteiger partial charge in [-0.3, -0.25) is 14.0 Å². The SMILES string of the molecule is CCCN(C(=O)/C=C/c1c(Cl)nc2ccccn12)C1CCN(C(=O)c2ccccc2)CC1. The number of rotatable bonds is 6. The van der Waals surface area contributed by atoms with Crippen LogP contribution < -0.4 is 0 Å². The molecule has 4 rings (SSSR count). The summed E-state index contributed by atoms with van der Waals surface area (Å²) in [5, 5.41) is 0.370. The van der Waals surface area contributed by atoms with Gasteiger partial charge in [-0.1, -0.05) is 42.8 Å². The molecule has 3 aromatic rings. The van der Waals surface area contributed by atoms with Gasteiger partial charge in [-0.05, 0) is 49.6 Å². The van der Waals surface area contributed by atoms with Crippen molar-refractivity contribution in [3.8, 4) is 0 Å². The topological polar surface area (TPSA) is 57.9 Å². The van der Waals surface area contributed by atoms with E-state index in [0.717, 1.165) is 24.9 Å². The van der Waals surface area contributed by atoms with Crippen molar-refractivity contribution in [1.29, 1.82) is 0 Å². The van der Waals surface area contributed by atoms with Gasteiger partial charge in [0.1, 0.15) is 5.65 Å². The van der Waals surface area contributed by atoms with Gasteiger partial charge in [0.25, 0.3) is 5.91 Å². The van der Waals surface area contributed by atoms with Crippen LogP contribution in [0.25, 0.3) is 11.7 Å². The van der Waals surface area contributed by atoms with Gasteiger partial charge in [0.15, 0.2) is 5.15 Å².